The first-order valence-electron chi connectivity index (χ1n) is 11.1. The number of benzene rings is 2. The van der Waals surface area contributed by atoms with Crippen LogP contribution >= 0.6 is 0 Å². The van der Waals surface area contributed by atoms with E-state index in [2.05, 4.69) is 35.4 Å². The molecule has 0 saturated heterocycles. The van der Waals surface area contributed by atoms with Gasteiger partial charge in [-0.05, 0) is 76.0 Å². The molecule has 0 aromatic heterocycles. The summed E-state index contributed by atoms with van der Waals surface area (Å²) in [5.74, 6) is 0.0376. The van der Waals surface area contributed by atoms with E-state index < -0.39 is 0 Å². The highest BCUT2D eigenvalue weighted by atomic mass is 16.2. The average molecular weight is 423 g/mol. The van der Waals surface area contributed by atoms with E-state index in [4.69, 9.17) is 0 Å². The number of urea groups is 1. The van der Waals surface area contributed by atoms with E-state index >= 15 is 0 Å². The van der Waals surface area contributed by atoms with Crippen molar-refractivity contribution in [3.63, 3.8) is 0 Å². The largest absolute Gasteiger partial charge is 0.333 e. The van der Waals surface area contributed by atoms with Crippen molar-refractivity contribution in [3.05, 3.63) is 53.6 Å². The van der Waals surface area contributed by atoms with Crippen molar-refractivity contribution in [2.24, 2.45) is 0 Å². The molecule has 166 valence electrons. The number of nitrogens with zero attached hydrogens (tertiary/aromatic N) is 2. The second-order valence-corrected chi connectivity index (χ2v) is 8.99. The first-order chi connectivity index (χ1) is 14.7. The Morgan fingerprint density at radius 1 is 0.968 bits per heavy atom. The molecule has 6 nitrogen and oxygen atoms in total. The Hall–Kier alpha value is -2.86. The fraction of sp³-hybridized carbons (Fsp3) is 0.440. The van der Waals surface area contributed by atoms with Crippen LogP contribution in [-0.4, -0.2) is 42.0 Å². The van der Waals surface area contributed by atoms with Crippen LogP contribution in [-0.2, 0) is 17.6 Å². The number of carbonyl (C=O) groups excluding carboxylic acids is 2. The minimum atomic E-state index is -0.333. The molecule has 0 saturated carbocycles. The number of hydrogen-bond acceptors (Lipinski definition) is 3. The molecule has 0 radical (unpaired) electrons. The quantitative estimate of drug-likeness (QED) is 0.733. The highest BCUT2D eigenvalue weighted by Gasteiger charge is 2.27. The number of para-hydroxylation sites is 1. The molecule has 0 fully saturated rings. The van der Waals surface area contributed by atoms with Gasteiger partial charge in [0.05, 0.1) is 17.9 Å². The Kier molecular flexibility index (Phi) is 7.01. The molecule has 0 atom stereocenters. The van der Waals surface area contributed by atoms with E-state index in [9.17, 15) is 9.59 Å². The third-order valence-corrected chi connectivity index (χ3v) is 5.47. The van der Waals surface area contributed by atoms with Gasteiger partial charge >= 0.3 is 6.03 Å². The Morgan fingerprint density at radius 2 is 1.61 bits per heavy atom. The van der Waals surface area contributed by atoms with E-state index in [-0.39, 0.29) is 17.5 Å². The molecule has 1 aliphatic rings. The fourth-order valence-corrected chi connectivity index (χ4v) is 3.88. The van der Waals surface area contributed by atoms with Gasteiger partial charge in [-0.3, -0.25) is 14.6 Å². The molecule has 2 N–H and O–H groups in total. The van der Waals surface area contributed by atoms with Gasteiger partial charge in [-0.15, -0.1) is 0 Å². The van der Waals surface area contributed by atoms with Crippen molar-refractivity contribution < 1.29 is 9.59 Å². The number of aryl methyl sites for hydroxylation is 2. The summed E-state index contributed by atoms with van der Waals surface area (Å²) in [6.07, 6.45) is 1.71. The zero-order chi connectivity index (χ0) is 22.6. The highest BCUT2D eigenvalue weighted by Crippen LogP contribution is 2.37. The van der Waals surface area contributed by atoms with E-state index in [0.717, 1.165) is 48.4 Å². The van der Waals surface area contributed by atoms with Crippen molar-refractivity contribution in [2.45, 2.75) is 53.0 Å². The zero-order valence-electron chi connectivity index (χ0n) is 19.3. The van der Waals surface area contributed by atoms with E-state index in [0.29, 0.717) is 12.2 Å². The lowest BCUT2D eigenvalue weighted by atomic mass is 10.0. The molecule has 0 unspecified atom stereocenters. The monoisotopic (exact) mass is 422 g/mol. The number of fused-ring (bicyclic) bond motifs is 2. The molecule has 1 aliphatic heterocycles. The Labute approximate surface area is 185 Å². The molecule has 1 heterocycles. The van der Waals surface area contributed by atoms with Gasteiger partial charge in [0.1, 0.15) is 0 Å². The first kappa shape index (κ1) is 22.8. The van der Waals surface area contributed by atoms with Crippen molar-refractivity contribution in [1.82, 2.24) is 10.2 Å². The van der Waals surface area contributed by atoms with Gasteiger partial charge in [0.15, 0.2) is 0 Å². The van der Waals surface area contributed by atoms with Crippen molar-refractivity contribution in [3.8, 4) is 0 Å². The van der Waals surface area contributed by atoms with Gasteiger partial charge in [-0.25, -0.2) is 4.79 Å². The third kappa shape index (κ3) is 5.64. The van der Waals surface area contributed by atoms with E-state index in [1.54, 1.807) is 0 Å². The lowest BCUT2D eigenvalue weighted by Gasteiger charge is -2.28. The Morgan fingerprint density at radius 3 is 2.26 bits per heavy atom. The third-order valence-electron chi connectivity index (χ3n) is 5.47. The molecule has 3 rings (SSSR count). The number of carbonyl (C=O) groups is 2. The number of hydrogen-bond donors (Lipinski definition) is 2. The smallest absolute Gasteiger partial charge is 0.319 e. The molecule has 2 aromatic rings. The van der Waals surface area contributed by atoms with Crippen LogP contribution in [0.4, 0.5) is 21.9 Å². The molecule has 0 bridgehead atoms. The molecule has 2 aromatic carbocycles. The minimum absolute atomic E-state index is 0.0376. The normalized spacial score (nSPS) is 13.3. The number of anilines is 3. The minimum Gasteiger partial charge on any atom is -0.333 e. The van der Waals surface area contributed by atoms with Crippen LogP contribution in [0, 0.1) is 0 Å². The maximum atomic E-state index is 13.5. The van der Waals surface area contributed by atoms with Gasteiger partial charge in [0.2, 0.25) is 5.91 Å². The standard InChI is InChI=1S/C25H34N4O2/c1-6-28(7-2)17-23(30)29-21-11-9-8-10-18(21)12-13-19-14-15-20(16-22(19)29)26-24(31)27-25(3,4)5/h8-11,14-16H,6-7,12-13,17H2,1-5H3,(H2,26,27,31). The van der Waals surface area contributed by atoms with Crippen LogP contribution in [0.15, 0.2) is 42.5 Å². The van der Waals surface area contributed by atoms with Crippen LogP contribution in [0.5, 0.6) is 0 Å². The Balaban J connectivity index is 1.99. The molecular weight excluding hydrogens is 388 g/mol. The number of amides is 3. The number of likely N-dealkylation sites (N-methyl/N-ethyl adjacent to an activating group) is 1. The van der Waals surface area contributed by atoms with E-state index in [1.807, 2.05) is 62.1 Å². The van der Waals surface area contributed by atoms with Crippen LogP contribution < -0.4 is 15.5 Å². The SMILES string of the molecule is CCN(CC)CC(=O)N1c2ccccc2CCc2ccc(NC(=O)NC(C)(C)C)cc21. The topological polar surface area (TPSA) is 64.7 Å². The lowest BCUT2D eigenvalue weighted by molar-refractivity contribution is -0.119. The predicted octanol–water partition coefficient (Wildman–Crippen LogP) is 4.71. The summed E-state index contributed by atoms with van der Waals surface area (Å²) in [6.45, 7) is 11.9. The second kappa shape index (κ2) is 9.52. The molecule has 31 heavy (non-hydrogen) atoms. The van der Waals surface area contributed by atoms with Crippen molar-refractivity contribution >= 4 is 29.0 Å². The fourth-order valence-electron chi connectivity index (χ4n) is 3.88. The summed E-state index contributed by atoms with van der Waals surface area (Å²) in [5, 5.41) is 5.83. The van der Waals surface area contributed by atoms with Gasteiger partial charge < -0.3 is 10.6 Å². The second-order valence-electron chi connectivity index (χ2n) is 8.99. The summed E-state index contributed by atoms with van der Waals surface area (Å²) in [5.41, 5.74) is 4.36. The average Bonchev–Trinajstić information content (AvgIpc) is 2.87. The van der Waals surface area contributed by atoms with Crippen LogP contribution in [0.2, 0.25) is 0 Å². The summed E-state index contributed by atoms with van der Waals surface area (Å²) in [7, 11) is 0. The molecule has 6 heteroatoms. The maximum absolute atomic E-state index is 13.5. The van der Waals surface area contributed by atoms with Gasteiger partial charge in [0, 0.05) is 11.2 Å². The molecule has 0 spiro atoms. The summed E-state index contributed by atoms with van der Waals surface area (Å²) >= 11 is 0. The predicted molar refractivity (Wildman–Crippen MR) is 127 cm³/mol. The van der Waals surface area contributed by atoms with Crippen molar-refractivity contribution in [2.75, 3.05) is 29.9 Å². The number of rotatable bonds is 5. The van der Waals surface area contributed by atoms with Crippen LogP contribution in [0.3, 0.4) is 0 Å². The summed E-state index contributed by atoms with van der Waals surface area (Å²) in [4.78, 5) is 29.9. The van der Waals surface area contributed by atoms with Crippen LogP contribution in [0.25, 0.3) is 0 Å². The van der Waals surface area contributed by atoms with Gasteiger partial charge in [-0.2, -0.15) is 0 Å². The van der Waals surface area contributed by atoms with Gasteiger partial charge in [-0.1, -0.05) is 38.1 Å². The molecular formula is C25H34N4O2. The lowest BCUT2D eigenvalue weighted by Crippen LogP contribution is -2.43. The zero-order valence-corrected chi connectivity index (χ0v) is 19.3. The van der Waals surface area contributed by atoms with Gasteiger partial charge in [0.25, 0.3) is 0 Å². The van der Waals surface area contributed by atoms with E-state index in [1.165, 1.54) is 0 Å². The summed E-state index contributed by atoms with van der Waals surface area (Å²) in [6, 6.07) is 13.7. The van der Waals surface area contributed by atoms with Crippen LogP contribution in [0.1, 0.15) is 45.7 Å². The summed E-state index contributed by atoms with van der Waals surface area (Å²) < 4.78 is 0. The molecule has 0 aliphatic carbocycles. The Bertz CT molecular complexity index is 945. The molecule has 3 amide bonds. The maximum Gasteiger partial charge on any atom is 0.319 e. The first-order valence-corrected chi connectivity index (χ1v) is 11.1. The highest BCUT2D eigenvalue weighted by molar-refractivity contribution is 6.04. The number of nitrogens with one attached hydrogen (secondary N) is 2. The van der Waals surface area contributed by atoms with Crippen molar-refractivity contribution in [1.29, 1.82) is 0 Å².